The van der Waals surface area contributed by atoms with Gasteiger partial charge in [-0.3, -0.25) is 0 Å². The largest absolute Gasteiger partial charge is 0.504 e. The van der Waals surface area contributed by atoms with Crippen molar-refractivity contribution in [3.05, 3.63) is 17.7 Å². The summed E-state index contributed by atoms with van der Waals surface area (Å²) in [5.74, 6) is 1.24. The first kappa shape index (κ1) is 10.1. The number of rotatable bonds is 3. The van der Waals surface area contributed by atoms with Gasteiger partial charge >= 0.3 is 0 Å². The Kier molecular flexibility index (Phi) is 2.68. The zero-order valence-electron chi connectivity index (χ0n) is 8.91. The van der Waals surface area contributed by atoms with Crippen molar-refractivity contribution in [2.75, 3.05) is 13.8 Å². The summed E-state index contributed by atoms with van der Waals surface area (Å²) in [6.45, 7) is 2.27. The van der Waals surface area contributed by atoms with Crippen LogP contribution in [-0.4, -0.2) is 25.0 Å². The van der Waals surface area contributed by atoms with Gasteiger partial charge in [0.25, 0.3) is 0 Å². The first-order valence-corrected chi connectivity index (χ1v) is 4.99. The Morgan fingerprint density at radius 1 is 1.47 bits per heavy atom. The van der Waals surface area contributed by atoms with E-state index in [2.05, 4.69) is 12.2 Å². The molecule has 1 aliphatic heterocycles. The first-order chi connectivity index (χ1) is 7.20. The van der Waals surface area contributed by atoms with Crippen molar-refractivity contribution in [2.24, 2.45) is 0 Å². The van der Waals surface area contributed by atoms with E-state index in [4.69, 9.17) is 9.47 Å². The van der Waals surface area contributed by atoms with Crippen molar-refractivity contribution in [3.8, 4) is 17.2 Å². The van der Waals surface area contributed by atoms with E-state index in [1.54, 1.807) is 6.07 Å². The van der Waals surface area contributed by atoms with Crippen molar-refractivity contribution in [1.29, 1.82) is 0 Å². The minimum absolute atomic E-state index is 0.156. The summed E-state index contributed by atoms with van der Waals surface area (Å²) in [4.78, 5) is 0. The first-order valence-electron chi connectivity index (χ1n) is 4.99. The lowest BCUT2D eigenvalue weighted by molar-refractivity contribution is 0.171. The summed E-state index contributed by atoms with van der Waals surface area (Å²) >= 11 is 0. The number of hydrogen-bond acceptors (Lipinski definition) is 4. The second-order valence-electron chi connectivity index (χ2n) is 3.74. The van der Waals surface area contributed by atoms with Crippen molar-refractivity contribution in [1.82, 2.24) is 5.32 Å². The van der Waals surface area contributed by atoms with E-state index >= 15 is 0 Å². The molecule has 2 N–H and O–H groups in total. The van der Waals surface area contributed by atoms with Gasteiger partial charge in [0.2, 0.25) is 12.5 Å². The summed E-state index contributed by atoms with van der Waals surface area (Å²) in [5.41, 5.74) is 1.04. The van der Waals surface area contributed by atoms with E-state index in [1.807, 2.05) is 13.1 Å². The average molecular weight is 209 g/mol. The molecule has 0 aliphatic carbocycles. The minimum atomic E-state index is 0.156. The summed E-state index contributed by atoms with van der Waals surface area (Å²) < 4.78 is 10.4. The van der Waals surface area contributed by atoms with Crippen LogP contribution in [0.25, 0.3) is 0 Å². The molecule has 0 spiro atoms. The number of phenols is 1. The van der Waals surface area contributed by atoms with Gasteiger partial charge < -0.3 is 19.9 Å². The zero-order valence-corrected chi connectivity index (χ0v) is 8.91. The third kappa shape index (κ3) is 1.99. The molecule has 15 heavy (non-hydrogen) atoms. The standard InChI is InChI=1S/C11H15NO3/c1-7(12-2)3-8-4-9(13)11-10(5-8)14-6-15-11/h4-5,7,12-13H,3,6H2,1-2H3/t7-/m0/s1. The van der Waals surface area contributed by atoms with E-state index in [0.717, 1.165) is 12.0 Å². The van der Waals surface area contributed by atoms with Gasteiger partial charge in [-0.15, -0.1) is 0 Å². The monoisotopic (exact) mass is 209 g/mol. The molecule has 0 aromatic heterocycles. The zero-order chi connectivity index (χ0) is 10.8. The van der Waals surface area contributed by atoms with Crippen LogP contribution in [0.2, 0.25) is 0 Å². The number of aromatic hydroxyl groups is 1. The van der Waals surface area contributed by atoms with Crippen LogP contribution >= 0.6 is 0 Å². The predicted octanol–water partition coefficient (Wildman–Crippen LogP) is 1.27. The molecule has 0 saturated heterocycles. The summed E-state index contributed by atoms with van der Waals surface area (Å²) in [6.07, 6.45) is 0.848. The van der Waals surface area contributed by atoms with Crippen LogP contribution in [0.1, 0.15) is 12.5 Å². The number of fused-ring (bicyclic) bond motifs is 1. The third-order valence-electron chi connectivity index (χ3n) is 2.55. The molecule has 0 unspecified atom stereocenters. The Hall–Kier alpha value is -1.42. The maximum atomic E-state index is 9.67. The molecule has 0 radical (unpaired) electrons. The van der Waals surface area contributed by atoms with Crippen LogP contribution < -0.4 is 14.8 Å². The van der Waals surface area contributed by atoms with E-state index in [-0.39, 0.29) is 12.5 Å². The highest BCUT2D eigenvalue weighted by molar-refractivity contribution is 5.54. The molecule has 4 heteroatoms. The van der Waals surface area contributed by atoms with Crippen LogP contribution in [0.15, 0.2) is 12.1 Å². The third-order valence-corrected chi connectivity index (χ3v) is 2.55. The molecule has 0 bridgehead atoms. The van der Waals surface area contributed by atoms with E-state index in [9.17, 15) is 5.11 Å². The molecule has 1 aliphatic rings. The highest BCUT2D eigenvalue weighted by atomic mass is 16.7. The fourth-order valence-electron chi connectivity index (χ4n) is 1.62. The number of likely N-dealkylation sites (N-methyl/N-ethyl adjacent to an activating group) is 1. The fraction of sp³-hybridized carbons (Fsp3) is 0.455. The van der Waals surface area contributed by atoms with Crippen LogP contribution in [0.4, 0.5) is 0 Å². The Morgan fingerprint density at radius 3 is 3.00 bits per heavy atom. The molecule has 0 amide bonds. The SMILES string of the molecule is CN[C@@H](C)Cc1cc(O)c2c(c1)OCO2. The van der Waals surface area contributed by atoms with Crippen LogP contribution in [-0.2, 0) is 6.42 Å². The Balaban J connectivity index is 2.23. The highest BCUT2D eigenvalue weighted by Crippen LogP contribution is 2.41. The number of phenolic OH excluding ortho intramolecular Hbond substituents is 1. The summed E-state index contributed by atoms with van der Waals surface area (Å²) in [7, 11) is 1.91. The molecule has 0 saturated carbocycles. The van der Waals surface area contributed by atoms with Gasteiger partial charge in [0.15, 0.2) is 11.5 Å². The summed E-state index contributed by atoms with van der Waals surface area (Å²) in [5, 5.41) is 12.8. The molecular weight excluding hydrogens is 194 g/mol. The molecule has 2 rings (SSSR count). The van der Waals surface area contributed by atoms with E-state index in [0.29, 0.717) is 17.5 Å². The molecule has 82 valence electrons. The van der Waals surface area contributed by atoms with Crippen molar-refractivity contribution in [2.45, 2.75) is 19.4 Å². The minimum Gasteiger partial charge on any atom is -0.504 e. The van der Waals surface area contributed by atoms with Gasteiger partial charge in [-0.2, -0.15) is 0 Å². The lowest BCUT2D eigenvalue weighted by Crippen LogP contribution is -2.23. The Morgan fingerprint density at radius 2 is 2.27 bits per heavy atom. The fourth-order valence-corrected chi connectivity index (χ4v) is 1.62. The number of hydrogen-bond donors (Lipinski definition) is 2. The maximum absolute atomic E-state index is 9.67. The number of ether oxygens (including phenoxy) is 2. The smallest absolute Gasteiger partial charge is 0.231 e. The molecule has 1 atom stereocenters. The van der Waals surface area contributed by atoms with Gasteiger partial charge in [-0.25, -0.2) is 0 Å². The number of nitrogens with one attached hydrogen (secondary N) is 1. The molecule has 1 aromatic carbocycles. The topological polar surface area (TPSA) is 50.7 Å². The Bertz CT molecular complexity index is 365. The van der Waals surface area contributed by atoms with Gasteiger partial charge in [0.05, 0.1) is 0 Å². The van der Waals surface area contributed by atoms with Crippen LogP contribution in [0.5, 0.6) is 17.2 Å². The second-order valence-corrected chi connectivity index (χ2v) is 3.74. The lowest BCUT2D eigenvalue weighted by Gasteiger charge is -2.10. The van der Waals surface area contributed by atoms with Gasteiger partial charge in [0.1, 0.15) is 0 Å². The quantitative estimate of drug-likeness (QED) is 0.787. The molecular formula is C11H15NO3. The van der Waals surface area contributed by atoms with Crippen LogP contribution in [0, 0.1) is 0 Å². The molecule has 1 heterocycles. The van der Waals surface area contributed by atoms with Crippen molar-refractivity contribution >= 4 is 0 Å². The van der Waals surface area contributed by atoms with Crippen molar-refractivity contribution < 1.29 is 14.6 Å². The second kappa shape index (κ2) is 3.98. The predicted molar refractivity (Wildman–Crippen MR) is 56.5 cm³/mol. The lowest BCUT2D eigenvalue weighted by atomic mass is 10.1. The van der Waals surface area contributed by atoms with E-state index < -0.39 is 0 Å². The molecule has 0 fully saturated rings. The van der Waals surface area contributed by atoms with Gasteiger partial charge in [0, 0.05) is 6.04 Å². The summed E-state index contributed by atoms with van der Waals surface area (Å²) in [6, 6.07) is 4.00. The normalized spacial score (nSPS) is 15.3. The molecule has 4 nitrogen and oxygen atoms in total. The maximum Gasteiger partial charge on any atom is 0.231 e. The van der Waals surface area contributed by atoms with Gasteiger partial charge in [-0.1, -0.05) is 0 Å². The number of benzene rings is 1. The average Bonchev–Trinajstić information content (AvgIpc) is 2.66. The Labute approximate surface area is 88.8 Å². The molecule has 1 aromatic rings. The van der Waals surface area contributed by atoms with Crippen LogP contribution in [0.3, 0.4) is 0 Å². The van der Waals surface area contributed by atoms with Crippen molar-refractivity contribution in [3.63, 3.8) is 0 Å². The van der Waals surface area contributed by atoms with E-state index in [1.165, 1.54) is 0 Å². The van der Waals surface area contributed by atoms with Gasteiger partial charge in [-0.05, 0) is 38.1 Å². The highest BCUT2D eigenvalue weighted by Gasteiger charge is 2.19.